The van der Waals surface area contributed by atoms with E-state index in [1.807, 2.05) is 6.92 Å². The monoisotopic (exact) mass is 245 g/mol. The Bertz CT molecular complexity index is 294. The van der Waals surface area contributed by atoms with Gasteiger partial charge in [-0.1, -0.05) is 0 Å². The maximum atomic E-state index is 12.0. The van der Waals surface area contributed by atoms with Gasteiger partial charge in [-0.3, -0.25) is 4.79 Å². The Balaban J connectivity index is 2.51. The predicted molar refractivity (Wildman–Crippen MR) is 59.6 cm³/mol. The molecule has 1 unspecified atom stereocenters. The molecule has 0 spiro atoms. The normalized spacial score (nSPS) is 25.6. The van der Waals surface area contributed by atoms with Gasteiger partial charge in [0.25, 0.3) is 5.91 Å². The third kappa shape index (κ3) is 3.41. The lowest BCUT2D eigenvalue weighted by Gasteiger charge is -2.26. The van der Waals surface area contributed by atoms with Crippen LogP contribution in [0.25, 0.3) is 0 Å². The fourth-order valence-corrected chi connectivity index (χ4v) is 1.80. The van der Waals surface area contributed by atoms with E-state index in [0.717, 1.165) is 0 Å². The first-order valence-electron chi connectivity index (χ1n) is 5.61. The smallest absolute Gasteiger partial charge is 0.332 e. The van der Waals surface area contributed by atoms with Crippen molar-refractivity contribution in [3.05, 3.63) is 0 Å². The van der Waals surface area contributed by atoms with Crippen molar-refractivity contribution in [1.29, 1.82) is 0 Å². The van der Waals surface area contributed by atoms with Crippen LogP contribution in [0.4, 0.5) is 0 Å². The highest BCUT2D eigenvalue weighted by molar-refractivity contribution is 5.82. The molecule has 3 atom stereocenters. The van der Waals surface area contributed by atoms with Crippen molar-refractivity contribution in [1.82, 2.24) is 4.90 Å². The highest BCUT2D eigenvalue weighted by Crippen LogP contribution is 2.21. The number of methoxy groups -OCH3 is 1. The van der Waals surface area contributed by atoms with E-state index in [9.17, 15) is 9.59 Å². The fourth-order valence-electron chi connectivity index (χ4n) is 1.80. The number of carbonyl (C=O) groups is 2. The first-order valence-corrected chi connectivity index (χ1v) is 5.61. The van der Waals surface area contributed by atoms with E-state index in [-0.39, 0.29) is 11.9 Å². The van der Waals surface area contributed by atoms with E-state index < -0.39 is 18.2 Å². The predicted octanol–water partition coefficient (Wildman–Crippen LogP) is 0.112. The molecule has 0 saturated carbocycles. The van der Waals surface area contributed by atoms with E-state index in [1.54, 1.807) is 19.1 Å². The first kappa shape index (κ1) is 13.9. The minimum atomic E-state index is -1.01. The van der Waals surface area contributed by atoms with Gasteiger partial charge < -0.3 is 19.5 Å². The summed E-state index contributed by atoms with van der Waals surface area (Å²) in [5.74, 6) is -1.19. The van der Waals surface area contributed by atoms with Gasteiger partial charge in [-0.15, -0.1) is 0 Å². The Morgan fingerprint density at radius 1 is 1.47 bits per heavy atom. The molecule has 1 fully saturated rings. The number of carboxylic acid groups (broad SMARTS) is 1. The molecule has 1 aliphatic heterocycles. The lowest BCUT2D eigenvalue weighted by Crippen LogP contribution is -2.43. The average molecular weight is 245 g/mol. The molecule has 6 heteroatoms. The number of amides is 1. The third-order valence-electron chi connectivity index (χ3n) is 2.99. The Kier molecular flexibility index (Phi) is 4.89. The molecule has 98 valence electrons. The van der Waals surface area contributed by atoms with Gasteiger partial charge in [-0.2, -0.15) is 0 Å². The molecule has 1 amide bonds. The zero-order valence-electron chi connectivity index (χ0n) is 10.4. The number of ether oxygens (including phenoxy) is 2. The summed E-state index contributed by atoms with van der Waals surface area (Å²) < 4.78 is 10.2. The summed E-state index contributed by atoms with van der Waals surface area (Å²) in [6.45, 7) is 2.31. The van der Waals surface area contributed by atoms with Crippen LogP contribution in [0.5, 0.6) is 0 Å². The van der Waals surface area contributed by atoms with E-state index >= 15 is 0 Å². The molecule has 0 aromatic carbocycles. The maximum Gasteiger partial charge on any atom is 0.332 e. The molecule has 0 aliphatic carbocycles. The van der Waals surface area contributed by atoms with Crippen LogP contribution >= 0.6 is 0 Å². The molecule has 6 nitrogen and oxygen atoms in total. The van der Waals surface area contributed by atoms with Gasteiger partial charge in [0.05, 0.1) is 12.6 Å². The molecule has 0 bridgehead atoms. The van der Waals surface area contributed by atoms with Crippen LogP contribution in [0.1, 0.15) is 19.8 Å². The minimum Gasteiger partial charge on any atom is -0.479 e. The largest absolute Gasteiger partial charge is 0.479 e. The van der Waals surface area contributed by atoms with Gasteiger partial charge in [0.15, 0.2) is 6.10 Å². The lowest BCUT2D eigenvalue weighted by molar-refractivity contribution is -0.155. The third-order valence-corrected chi connectivity index (χ3v) is 2.99. The Hall–Kier alpha value is -1.14. The summed E-state index contributed by atoms with van der Waals surface area (Å²) in [7, 11) is 3.24. The molecular formula is C11H19NO5. The van der Waals surface area contributed by atoms with E-state index in [0.29, 0.717) is 19.4 Å². The van der Waals surface area contributed by atoms with Crippen LogP contribution in [0.2, 0.25) is 0 Å². The van der Waals surface area contributed by atoms with Crippen molar-refractivity contribution < 1.29 is 24.2 Å². The molecular weight excluding hydrogens is 226 g/mol. The lowest BCUT2D eigenvalue weighted by atomic mass is 10.1. The highest BCUT2D eigenvalue weighted by atomic mass is 16.5. The number of carbonyl (C=O) groups excluding carboxylic acids is 1. The summed E-state index contributed by atoms with van der Waals surface area (Å²) in [5.41, 5.74) is 0. The zero-order valence-corrected chi connectivity index (χ0v) is 10.4. The number of aliphatic carboxylic acids is 1. The van der Waals surface area contributed by atoms with Crippen molar-refractivity contribution >= 4 is 11.9 Å². The molecule has 1 saturated heterocycles. The van der Waals surface area contributed by atoms with E-state index in [4.69, 9.17) is 14.6 Å². The second kappa shape index (κ2) is 5.97. The number of hydrogen-bond donors (Lipinski definition) is 1. The van der Waals surface area contributed by atoms with Crippen molar-refractivity contribution in [2.24, 2.45) is 0 Å². The van der Waals surface area contributed by atoms with Crippen LogP contribution in [0.15, 0.2) is 0 Å². The topological polar surface area (TPSA) is 76.1 Å². The molecule has 0 aromatic heterocycles. The summed E-state index contributed by atoms with van der Waals surface area (Å²) >= 11 is 0. The summed E-state index contributed by atoms with van der Waals surface area (Å²) in [6.07, 6.45) is -0.645. The molecule has 1 aliphatic rings. The second-order valence-corrected chi connectivity index (χ2v) is 4.28. The number of likely N-dealkylation sites (N-methyl/N-ethyl adjacent to an activating group) is 1. The molecule has 17 heavy (non-hydrogen) atoms. The zero-order chi connectivity index (χ0) is 13.0. The minimum absolute atomic E-state index is 0.0556. The number of hydrogen-bond acceptors (Lipinski definition) is 4. The van der Waals surface area contributed by atoms with Crippen molar-refractivity contribution in [3.8, 4) is 0 Å². The molecule has 0 radical (unpaired) electrons. The fraction of sp³-hybridized carbons (Fsp3) is 0.818. The van der Waals surface area contributed by atoms with Crippen LogP contribution in [0.3, 0.4) is 0 Å². The van der Waals surface area contributed by atoms with Crippen LogP contribution in [-0.2, 0) is 19.1 Å². The van der Waals surface area contributed by atoms with Crippen molar-refractivity contribution in [3.63, 3.8) is 0 Å². The van der Waals surface area contributed by atoms with Crippen LogP contribution < -0.4 is 0 Å². The van der Waals surface area contributed by atoms with Gasteiger partial charge in [0.1, 0.15) is 6.10 Å². The highest BCUT2D eigenvalue weighted by Gasteiger charge is 2.36. The average Bonchev–Trinajstić information content (AvgIpc) is 2.76. The van der Waals surface area contributed by atoms with Gasteiger partial charge in [-0.05, 0) is 19.8 Å². The Labute approximate surface area is 100 Å². The molecule has 1 N–H and O–H groups in total. The van der Waals surface area contributed by atoms with Crippen LogP contribution in [0, 0.1) is 0 Å². The van der Waals surface area contributed by atoms with Gasteiger partial charge in [0, 0.05) is 14.2 Å². The number of nitrogens with zero attached hydrogens (tertiary/aromatic N) is 1. The summed E-state index contributed by atoms with van der Waals surface area (Å²) in [4.78, 5) is 24.2. The summed E-state index contributed by atoms with van der Waals surface area (Å²) in [6, 6.07) is -0.0556. The number of rotatable bonds is 5. The number of carboxylic acids is 1. The van der Waals surface area contributed by atoms with Gasteiger partial charge in [-0.25, -0.2) is 4.79 Å². The molecule has 0 aromatic rings. The van der Waals surface area contributed by atoms with E-state index in [2.05, 4.69) is 0 Å². The maximum absolute atomic E-state index is 12.0. The van der Waals surface area contributed by atoms with Crippen molar-refractivity contribution in [2.75, 3.05) is 20.8 Å². The Morgan fingerprint density at radius 3 is 2.53 bits per heavy atom. The van der Waals surface area contributed by atoms with Crippen molar-refractivity contribution in [2.45, 2.75) is 38.0 Å². The van der Waals surface area contributed by atoms with Gasteiger partial charge in [0.2, 0.25) is 0 Å². The summed E-state index contributed by atoms with van der Waals surface area (Å²) in [5, 5.41) is 8.77. The SMILES string of the molecule is COCC(C)N(C)C(=O)[C@@H]1CC[C@H](C(=O)O)O1. The standard InChI is InChI=1S/C11H19NO5/c1-7(6-16-3)12(2)10(13)8-4-5-9(17-8)11(14)15/h7-9H,4-6H2,1-3H3,(H,14,15)/t7?,8-,9+/m0/s1. The second-order valence-electron chi connectivity index (χ2n) is 4.28. The molecule has 1 heterocycles. The van der Waals surface area contributed by atoms with E-state index in [1.165, 1.54) is 0 Å². The Morgan fingerprint density at radius 2 is 2.06 bits per heavy atom. The quantitative estimate of drug-likeness (QED) is 0.744. The first-order chi connectivity index (χ1) is 7.97. The molecule has 1 rings (SSSR count). The van der Waals surface area contributed by atoms with Gasteiger partial charge >= 0.3 is 5.97 Å². The van der Waals surface area contributed by atoms with Crippen LogP contribution in [-0.4, -0.2) is 60.9 Å².